The van der Waals surface area contributed by atoms with Crippen LogP contribution in [0.5, 0.6) is 0 Å². The molecule has 1 saturated heterocycles. The standard InChI is InChI=1S/C28H22Cl2N4O3S/c29-23-10-9-22(15-24(23)30)38(36,37)33-13-11-20-14-26-19(17-32-34(26)21-6-2-1-3-7-21)16-28(20,18-33)27(35)25-8-4-5-12-31-25/h1-10,12,14-15,17H,11,13,16,18H2. The number of carbonyl (C=O) groups is 1. The third-order valence-corrected chi connectivity index (χ3v) is 9.82. The lowest BCUT2D eigenvalue weighted by Gasteiger charge is -2.44. The molecule has 2 aromatic heterocycles. The first-order valence-corrected chi connectivity index (χ1v) is 14.2. The molecule has 4 aromatic rings. The molecule has 0 N–H and O–H groups in total. The zero-order valence-corrected chi connectivity index (χ0v) is 22.4. The number of ketones is 1. The fourth-order valence-corrected chi connectivity index (χ4v) is 7.21. The zero-order valence-electron chi connectivity index (χ0n) is 20.1. The smallest absolute Gasteiger partial charge is 0.243 e. The summed E-state index contributed by atoms with van der Waals surface area (Å²) in [6.45, 7) is 0.202. The van der Waals surface area contributed by atoms with Crippen molar-refractivity contribution in [3.63, 3.8) is 0 Å². The minimum absolute atomic E-state index is 0.0211. The molecule has 2 aromatic carbocycles. The summed E-state index contributed by atoms with van der Waals surface area (Å²) >= 11 is 12.2. The van der Waals surface area contributed by atoms with Crippen molar-refractivity contribution in [1.82, 2.24) is 19.1 Å². The molecule has 192 valence electrons. The molecule has 1 aliphatic heterocycles. The van der Waals surface area contributed by atoms with Crippen LogP contribution in [0.15, 0.2) is 89.6 Å². The molecule has 1 atom stereocenters. The van der Waals surface area contributed by atoms with E-state index in [0.29, 0.717) is 18.5 Å². The van der Waals surface area contributed by atoms with Crippen molar-refractivity contribution in [1.29, 1.82) is 0 Å². The van der Waals surface area contributed by atoms with Gasteiger partial charge in [-0.15, -0.1) is 0 Å². The molecule has 0 spiro atoms. The molecular formula is C28H22Cl2N4O3S. The quantitative estimate of drug-likeness (QED) is 0.300. The average molecular weight is 565 g/mol. The summed E-state index contributed by atoms with van der Waals surface area (Å²) in [7, 11) is -3.95. The van der Waals surface area contributed by atoms with E-state index < -0.39 is 15.4 Å². The van der Waals surface area contributed by atoms with Gasteiger partial charge in [0.1, 0.15) is 5.69 Å². The average Bonchev–Trinajstić information content (AvgIpc) is 3.35. The number of hydrogen-bond acceptors (Lipinski definition) is 5. The zero-order chi connectivity index (χ0) is 26.5. The second-order valence-electron chi connectivity index (χ2n) is 9.44. The molecule has 1 aliphatic carbocycles. The predicted molar refractivity (Wildman–Crippen MR) is 146 cm³/mol. The number of piperidine rings is 1. The molecular weight excluding hydrogens is 543 g/mol. The van der Waals surface area contributed by atoms with E-state index in [1.807, 2.05) is 41.1 Å². The van der Waals surface area contributed by atoms with E-state index in [4.69, 9.17) is 23.2 Å². The monoisotopic (exact) mass is 564 g/mol. The SMILES string of the molecule is O=C(c1ccccn1)C12Cc3cnn(-c4ccccc4)c3C=C1CCN(S(=O)(=O)c1ccc(Cl)c(Cl)c1)C2. The lowest BCUT2D eigenvalue weighted by Crippen LogP contribution is -2.53. The van der Waals surface area contributed by atoms with Crippen LogP contribution in [0.1, 0.15) is 28.2 Å². The minimum Gasteiger partial charge on any atom is -0.291 e. The van der Waals surface area contributed by atoms with E-state index in [-0.39, 0.29) is 33.8 Å². The first-order chi connectivity index (χ1) is 18.3. The van der Waals surface area contributed by atoms with Gasteiger partial charge in [-0.1, -0.05) is 53.0 Å². The van der Waals surface area contributed by atoms with Gasteiger partial charge in [-0.2, -0.15) is 9.40 Å². The molecule has 2 aliphatic rings. The number of rotatable bonds is 5. The number of carbonyl (C=O) groups excluding carboxylic acids is 1. The van der Waals surface area contributed by atoms with Gasteiger partial charge in [-0.05, 0) is 66.9 Å². The summed E-state index contributed by atoms with van der Waals surface area (Å²) in [5.41, 5.74) is 2.74. The number of pyridine rings is 1. The first-order valence-electron chi connectivity index (χ1n) is 12.0. The van der Waals surface area contributed by atoms with Crippen molar-refractivity contribution < 1.29 is 13.2 Å². The van der Waals surface area contributed by atoms with Crippen LogP contribution in [0.4, 0.5) is 0 Å². The third kappa shape index (κ3) is 4.08. The van der Waals surface area contributed by atoms with Gasteiger partial charge in [0.25, 0.3) is 0 Å². The Balaban J connectivity index is 1.45. The second kappa shape index (κ2) is 9.47. The Morgan fingerprint density at radius 3 is 2.50 bits per heavy atom. The number of fused-ring (bicyclic) bond motifs is 2. The molecule has 10 heteroatoms. The lowest BCUT2D eigenvalue weighted by atomic mass is 9.65. The van der Waals surface area contributed by atoms with Crippen molar-refractivity contribution in [2.24, 2.45) is 5.41 Å². The second-order valence-corrected chi connectivity index (χ2v) is 12.2. The summed E-state index contributed by atoms with van der Waals surface area (Å²) in [6, 6.07) is 19.2. The maximum atomic E-state index is 14.2. The van der Waals surface area contributed by atoms with E-state index >= 15 is 0 Å². The van der Waals surface area contributed by atoms with Gasteiger partial charge in [-0.3, -0.25) is 9.78 Å². The third-order valence-electron chi connectivity index (χ3n) is 7.24. The molecule has 1 unspecified atom stereocenters. The predicted octanol–water partition coefficient (Wildman–Crippen LogP) is 5.48. The minimum atomic E-state index is -3.95. The Hall–Kier alpha value is -3.30. The summed E-state index contributed by atoms with van der Waals surface area (Å²) in [6.07, 6.45) is 6.03. The Labute approximate surface area is 230 Å². The molecule has 7 nitrogen and oxygen atoms in total. The summed E-state index contributed by atoms with van der Waals surface area (Å²) in [5, 5.41) is 5.03. The molecule has 6 rings (SSSR count). The van der Waals surface area contributed by atoms with Crippen molar-refractivity contribution in [3.05, 3.63) is 112 Å². The highest BCUT2D eigenvalue weighted by Gasteiger charge is 2.51. The van der Waals surface area contributed by atoms with Crippen LogP contribution in [-0.2, 0) is 16.4 Å². The van der Waals surface area contributed by atoms with E-state index in [1.165, 1.54) is 22.5 Å². The first kappa shape index (κ1) is 25.0. The maximum absolute atomic E-state index is 14.2. The van der Waals surface area contributed by atoms with Gasteiger partial charge in [0.2, 0.25) is 10.0 Å². The lowest BCUT2D eigenvalue weighted by molar-refractivity contribution is 0.0770. The number of Topliss-reactive ketones (excluding diaryl/α,β-unsaturated/α-hetero) is 1. The molecule has 0 bridgehead atoms. The van der Waals surface area contributed by atoms with Gasteiger partial charge in [-0.25, -0.2) is 13.1 Å². The molecule has 0 amide bonds. The largest absolute Gasteiger partial charge is 0.291 e. The van der Waals surface area contributed by atoms with E-state index in [1.54, 1.807) is 30.6 Å². The normalized spacial score (nSPS) is 19.4. The van der Waals surface area contributed by atoms with Crippen molar-refractivity contribution in [2.75, 3.05) is 13.1 Å². The summed E-state index contributed by atoms with van der Waals surface area (Å²) in [5.74, 6) is -0.212. The van der Waals surface area contributed by atoms with Crippen molar-refractivity contribution in [2.45, 2.75) is 17.7 Å². The highest BCUT2D eigenvalue weighted by Crippen LogP contribution is 2.47. The van der Waals surface area contributed by atoms with Crippen LogP contribution in [0.3, 0.4) is 0 Å². The van der Waals surface area contributed by atoms with Gasteiger partial charge in [0.05, 0.1) is 37.9 Å². The highest BCUT2D eigenvalue weighted by atomic mass is 35.5. The number of para-hydroxylation sites is 1. The van der Waals surface area contributed by atoms with Crippen LogP contribution < -0.4 is 0 Å². The van der Waals surface area contributed by atoms with Gasteiger partial charge < -0.3 is 0 Å². The number of halogens is 2. The summed E-state index contributed by atoms with van der Waals surface area (Å²) in [4.78, 5) is 18.5. The van der Waals surface area contributed by atoms with Gasteiger partial charge >= 0.3 is 0 Å². The van der Waals surface area contributed by atoms with E-state index in [9.17, 15) is 13.2 Å². The number of sulfonamides is 1. The molecule has 0 saturated carbocycles. The van der Waals surface area contributed by atoms with Crippen LogP contribution >= 0.6 is 23.2 Å². The number of aromatic nitrogens is 3. The Morgan fingerprint density at radius 1 is 0.974 bits per heavy atom. The molecule has 3 heterocycles. The Morgan fingerprint density at radius 2 is 1.76 bits per heavy atom. The summed E-state index contributed by atoms with van der Waals surface area (Å²) < 4.78 is 30.7. The molecule has 38 heavy (non-hydrogen) atoms. The molecule has 1 fully saturated rings. The maximum Gasteiger partial charge on any atom is 0.243 e. The van der Waals surface area contributed by atoms with Crippen LogP contribution in [0, 0.1) is 5.41 Å². The van der Waals surface area contributed by atoms with Gasteiger partial charge in [0, 0.05) is 19.3 Å². The van der Waals surface area contributed by atoms with E-state index in [2.05, 4.69) is 10.1 Å². The fourth-order valence-electron chi connectivity index (χ4n) is 5.32. The van der Waals surface area contributed by atoms with Crippen LogP contribution in [0.25, 0.3) is 11.8 Å². The van der Waals surface area contributed by atoms with Gasteiger partial charge in [0.15, 0.2) is 5.78 Å². The van der Waals surface area contributed by atoms with E-state index in [0.717, 1.165) is 22.5 Å². The fraction of sp³-hybridized carbons (Fsp3) is 0.179. The number of benzene rings is 2. The van der Waals surface area contributed by atoms with Crippen molar-refractivity contribution >= 4 is 45.1 Å². The van der Waals surface area contributed by atoms with Crippen LogP contribution in [-0.4, -0.2) is 46.4 Å². The Bertz CT molecular complexity index is 1690. The number of hydrogen-bond donors (Lipinski definition) is 0. The van der Waals surface area contributed by atoms with Crippen molar-refractivity contribution in [3.8, 4) is 5.69 Å². The Kier molecular flexibility index (Phi) is 6.23. The number of nitrogens with zero attached hydrogens (tertiary/aromatic N) is 4. The highest BCUT2D eigenvalue weighted by molar-refractivity contribution is 7.89. The van der Waals surface area contributed by atoms with Crippen LogP contribution in [0.2, 0.25) is 10.0 Å². The topological polar surface area (TPSA) is 85.2 Å². The molecule has 0 radical (unpaired) electrons.